The smallest absolute Gasteiger partial charge is 0.367 e. The van der Waals surface area contributed by atoms with E-state index in [4.69, 9.17) is 124 Å². The monoisotopic (exact) mass is 1220 g/mol. The van der Waals surface area contributed by atoms with Crippen molar-refractivity contribution in [2.45, 2.75) is 118 Å². The second-order valence-electron chi connectivity index (χ2n) is 17.6. The van der Waals surface area contributed by atoms with Crippen LogP contribution in [-0.2, 0) is 19.9 Å². The molecular weight excluding hydrogens is 1160 g/mol. The first-order valence-electron chi connectivity index (χ1n) is 21.9. The van der Waals surface area contributed by atoms with Crippen molar-refractivity contribution in [2.24, 2.45) is 10.3 Å². The van der Waals surface area contributed by atoms with Gasteiger partial charge in [0, 0.05) is 43.2 Å². The van der Waals surface area contributed by atoms with Crippen LogP contribution in [0.1, 0.15) is 130 Å². The maximum atomic E-state index is 14.5. The minimum absolute atomic E-state index is 0. The van der Waals surface area contributed by atoms with Gasteiger partial charge in [-0.05, 0) is 181 Å². The molecule has 1 N–H and O–H groups in total. The van der Waals surface area contributed by atoms with Crippen molar-refractivity contribution in [2.75, 3.05) is 25.0 Å². The number of benzene rings is 4. The van der Waals surface area contributed by atoms with Gasteiger partial charge in [-0.25, -0.2) is 9.59 Å². The first-order valence-corrected chi connectivity index (χ1v) is 25.7. The van der Waals surface area contributed by atoms with Gasteiger partial charge >= 0.3 is 22.7 Å². The van der Waals surface area contributed by atoms with E-state index in [2.05, 4.69) is 42.6 Å². The predicted molar refractivity (Wildman–Crippen MR) is 301 cm³/mol. The number of ether oxygens (including phenoxy) is 2. The Morgan fingerprint density at radius 1 is 0.730 bits per heavy atom. The Kier molecular flexibility index (Phi) is 29.9. The molecule has 0 aromatic heterocycles. The van der Waals surface area contributed by atoms with Crippen LogP contribution in [0.5, 0.6) is 0 Å². The second-order valence-corrected chi connectivity index (χ2v) is 21.5. The number of allylic oxidation sites excluding steroid dienone is 1. The third-order valence-electron chi connectivity index (χ3n) is 9.76. The molecule has 4 aromatic rings. The summed E-state index contributed by atoms with van der Waals surface area (Å²) in [7, 11) is 0. The Morgan fingerprint density at radius 2 is 1.14 bits per heavy atom. The van der Waals surface area contributed by atoms with Crippen molar-refractivity contribution < 1.29 is 46.7 Å². The van der Waals surface area contributed by atoms with Crippen LogP contribution in [0, 0.1) is 13.8 Å². The van der Waals surface area contributed by atoms with Crippen molar-refractivity contribution >= 4 is 133 Å². The number of halogens is 13. The molecule has 9 nitrogen and oxygen atoms in total. The van der Waals surface area contributed by atoms with Crippen molar-refractivity contribution in [1.29, 1.82) is 0 Å². The topological polar surface area (TPSA) is 110 Å². The lowest BCUT2D eigenvalue weighted by atomic mass is 9.86. The lowest BCUT2D eigenvalue weighted by Crippen LogP contribution is -2.42. The van der Waals surface area contributed by atoms with Gasteiger partial charge in [-0.3, -0.25) is 0 Å². The Bertz CT molecular complexity index is 2510. The SMILES string of the molecule is C.C=C(c1cc(Cl)cc(Cl)c1)C(F)(F)Cl.CCN(CC)CC.Cc1cc(/C(Cl)=N/O)ccc1C(=O)OC(C)(C)C.Cc1cc(C2=NOC(c3cc(Cl)cc(Cl)c3)(C(F)(F)Cl)C2)ccc1C(=O)OC(C)(C)C.ClCCl. The number of hydrogen-bond donors (Lipinski definition) is 1. The van der Waals surface area contributed by atoms with Crippen LogP contribution >= 0.6 is 104 Å². The minimum atomic E-state index is -3.81. The molecule has 0 aliphatic carbocycles. The number of alkyl halides is 8. The van der Waals surface area contributed by atoms with Gasteiger partial charge in [-0.15, -0.1) is 23.2 Å². The van der Waals surface area contributed by atoms with Gasteiger partial charge in [0.15, 0.2) is 5.17 Å². The standard InChI is InChI=1S/C22H20Cl3F2NO3.C13H16ClNO3.C9H5Cl3F2.C6H15N.CH2Cl2.CH4/c1-12-7-13(5-6-17(12)19(29)30-20(2,3)4)18-11-21(31-28-18,22(25,26)27)14-8-15(23)10-16(24)9-14;1-8-7-9(11(14)15-17)5-6-10(8)12(16)18-13(2,3)4;1-5(9(12,13)14)6-2-7(10)4-8(11)3-6;1-4-7(5-2)6-3;2-1-3;/h5-10H,11H2,1-4H3;5-7,17H,1-4H3;2-4H,1H2;4-6H2,1-3H3;1H2;1H4/b;15-11-;;;;. The molecule has 0 spiro atoms. The van der Waals surface area contributed by atoms with Crippen LogP contribution in [0.15, 0.2) is 89.7 Å². The molecular formula is C52H62Cl9F4N3O6. The maximum absolute atomic E-state index is 14.5. The van der Waals surface area contributed by atoms with Crippen molar-refractivity contribution in [3.63, 3.8) is 0 Å². The zero-order chi connectivity index (χ0) is 56.4. The minimum Gasteiger partial charge on any atom is -0.456 e. The Labute approximate surface area is 477 Å². The second kappa shape index (κ2) is 31.3. The summed E-state index contributed by atoms with van der Waals surface area (Å²) in [6.45, 7) is 27.5. The fourth-order valence-corrected chi connectivity index (χ4v) is 7.71. The molecule has 1 unspecified atom stereocenters. The number of hydrogen-bond acceptors (Lipinski definition) is 9. The van der Waals surface area contributed by atoms with Crippen molar-refractivity contribution in [3.8, 4) is 0 Å². The first kappa shape index (κ1) is 70.8. The summed E-state index contributed by atoms with van der Waals surface area (Å²) >= 11 is 48.7. The summed E-state index contributed by atoms with van der Waals surface area (Å²) in [5.74, 6) is -0.861. The van der Waals surface area contributed by atoms with E-state index in [1.807, 2.05) is 20.8 Å². The van der Waals surface area contributed by atoms with Gasteiger partial charge in [0.2, 0.25) is 5.60 Å². The van der Waals surface area contributed by atoms with Crippen LogP contribution in [-0.4, -0.2) is 79.9 Å². The molecule has 0 saturated carbocycles. The Morgan fingerprint density at radius 3 is 1.47 bits per heavy atom. The molecule has 1 heterocycles. The van der Waals surface area contributed by atoms with E-state index in [-0.39, 0.29) is 67.3 Å². The molecule has 0 fully saturated rings. The maximum Gasteiger partial charge on any atom is 0.367 e. The molecule has 1 aliphatic rings. The van der Waals surface area contributed by atoms with E-state index in [9.17, 15) is 27.2 Å². The molecule has 412 valence electrons. The number of carbonyl (C=O) groups is 2. The highest BCUT2D eigenvalue weighted by molar-refractivity contribution is 6.69. The van der Waals surface area contributed by atoms with Gasteiger partial charge < -0.3 is 24.4 Å². The fourth-order valence-electron chi connectivity index (χ4n) is 6.23. The van der Waals surface area contributed by atoms with Crippen LogP contribution in [0.4, 0.5) is 17.6 Å². The van der Waals surface area contributed by atoms with Crippen molar-refractivity contribution in [3.05, 3.63) is 144 Å². The normalized spacial score (nSPS) is 14.4. The average molecular weight is 1220 g/mol. The van der Waals surface area contributed by atoms with Crippen LogP contribution in [0.25, 0.3) is 5.57 Å². The number of esters is 2. The largest absolute Gasteiger partial charge is 0.456 e. The van der Waals surface area contributed by atoms with Crippen molar-refractivity contribution in [1.82, 2.24) is 4.90 Å². The highest BCUT2D eigenvalue weighted by atomic mass is 35.5. The highest BCUT2D eigenvalue weighted by Crippen LogP contribution is 2.51. The van der Waals surface area contributed by atoms with E-state index in [0.717, 1.165) is 0 Å². The van der Waals surface area contributed by atoms with E-state index >= 15 is 0 Å². The van der Waals surface area contributed by atoms with E-state index < -0.39 is 39.1 Å². The molecule has 4 aromatic carbocycles. The molecule has 1 atom stereocenters. The third kappa shape index (κ3) is 23.2. The zero-order valence-electron chi connectivity index (χ0n) is 41.9. The van der Waals surface area contributed by atoms with Crippen LogP contribution < -0.4 is 0 Å². The fraction of sp³-hybridized carbons (Fsp3) is 0.423. The average Bonchev–Trinajstić information content (AvgIpc) is 3.73. The Hall–Kier alpha value is -3.21. The molecule has 0 bridgehead atoms. The van der Waals surface area contributed by atoms with Gasteiger partial charge in [0.1, 0.15) is 11.2 Å². The number of carbonyl (C=O) groups excluding carboxylic acids is 2. The van der Waals surface area contributed by atoms with E-state index in [0.29, 0.717) is 33.4 Å². The number of rotatable bonds is 11. The summed E-state index contributed by atoms with van der Waals surface area (Å²) in [6.07, 6.45) is -0.328. The summed E-state index contributed by atoms with van der Waals surface area (Å²) in [5, 5.41) is 9.08. The molecule has 0 amide bonds. The Balaban J connectivity index is 0.00000105. The molecule has 0 radical (unpaired) electrons. The van der Waals surface area contributed by atoms with Crippen LogP contribution in [0.3, 0.4) is 0 Å². The first-order chi connectivity index (χ1) is 33.5. The molecule has 5 rings (SSSR count). The summed E-state index contributed by atoms with van der Waals surface area (Å²) in [4.78, 5) is 31.9. The molecule has 0 saturated heterocycles. The van der Waals surface area contributed by atoms with Gasteiger partial charge in [0.25, 0.3) is 0 Å². The zero-order valence-corrected chi connectivity index (χ0v) is 48.7. The lowest BCUT2D eigenvalue weighted by molar-refractivity contribution is -0.155. The summed E-state index contributed by atoms with van der Waals surface area (Å²) in [6, 6.07) is 17.8. The van der Waals surface area contributed by atoms with E-state index in [1.54, 1.807) is 71.0 Å². The summed E-state index contributed by atoms with van der Waals surface area (Å²) < 4.78 is 65.1. The van der Waals surface area contributed by atoms with Gasteiger partial charge in [0.05, 0.1) is 22.2 Å². The van der Waals surface area contributed by atoms with E-state index in [1.165, 1.54) is 56.0 Å². The predicted octanol–water partition coefficient (Wildman–Crippen LogP) is 18.7. The number of nitrogens with zero attached hydrogens (tertiary/aromatic N) is 3. The summed E-state index contributed by atoms with van der Waals surface area (Å²) in [5.41, 5.74) is -0.390. The number of aryl methyl sites for hydroxylation is 2. The number of oxime groups is 2. The van der Waals surface area contributed by atoms with Gasteiger partial charge in [-0.2, -0.15) is 17.6 Å². The van der Waals surface area contributed by atoms with Crippen LogP contribution in [0.2, 0.25) is 20.1 Å². The highest BCUT2D eigenvalue weighted by Gasteiger charge is 2.60. The quantitative estimate of drug-likeness (QED) is 0.0398. The molecule has 74 heavy (non-hydrogen) atoms. The van der Waals surface area contributed by atoms with Gasteiger partial charge in [-0.1, -0.05) is 115 Å². The molecule has 1 aliphatic heterocycles. The third-order valence-corrected chi connectivity index (χ3v) is 11.5. The lowest BCUT2D eigenvalue weighted by Gasteiger charge is -2.31. The molecule has 22 heteroatoms.